The third-order valence-electron chi connectivity index (χ3n) is 5.14. The number of nitrogens with one attached hydrogen (secondary N) is 1. The van der Waals surface area contributed by atoms with Gasteiger partial charge in [-0.25, -0.2) is 17.5 Å². The van der Waals surface area contributed by atoms with E-state index >= 15 is 0 Å². The molecule has 0 unspecified atom stereocenters. The summed E-state index contributed by atoms with van der Waals surface area (Å²) in [6.07, 6.45) is 0. The molecule has 32 heavy (non-hydrogen) atoms. The Bertz CT molecular complexity index is 1050. The number of methoxy groups -OCH3 is 2. The summed E-state index contributed by atoms with van der Waals surface area (Å²) in [5.74, 6) is -0.623. The van der Waals surface area contributed by atoms with Gasteiger partial charge in [-0.15, -0.1) is 0 Å². The Kier molecular flexibility index (Phi) is 7.94. The molecule has 174 valence electrons. The summed E-state index contributed by atoms with van der Waals surface area (Å²) in [5.41, 5.74) is 0.452. The number of carbonyl (C=O) groups is 1. The lowest BCUT2D eigenvalue weighted by atomic mass is 10.1. The van der Waals surface area contributed by atoms with Gasteiger partial charge in [0.05, 0.1) is 34.9 Å². The number of anilines is 1. The number of sulfonamides is 1. The zero-order valence-corrected chi connectivity index (χ0v) is 19.4. The average molecular weight is 486 g/mol. The van der Waals surface area contributed by atoms with Crippen LogP contribution in [0, 0.1) is 5.82 Å². The van der Waals surface area contributed by atoms with Crippen LogP contribution in [0.2, 0.25) is 5.02 Å². The Labute approximate surface area is 191 Å². The largest absolute Gasteiger partial charge is 0.495 e. The zero-order valence-electron chi connectivity index (χ0n) is 17.8. The predicted molar refractivity (Wildman–Crippen MR) is 120 cm³/mol. The van der Waals surface area contributed by atoms with Crippen LogP contribution in [0.3, 0.4) is 0 Å². The van der Waals surface area contributed by atoms with Crippen LogP contribution in [-0.4, -0.2) is 72.8 Å². The lowest BCUT2D eigenvalue weighted by Crippen LogP contribution is -2.49. The first-order chi connectivity index (χ1) is 15.3. The number of nitrogens with zero attached hydrogens (tertiary/aromatic N) is 2. The maximum atomic E-state index is 14.1. The quantitative estimate of drug-likeness (QED) is 0.578. The van der Waals surface area contributed by atoms with Gasteiger partial charge in [-0.1, -0.05) is 17.7 Å². The molecule has 2 aromatic carbocycles. The standard InChI is InChI=1S/C21H25ClFN3O5S/c1-30-13-8-24-32(28,29)15-6-7-19(31-2)18(14-15)25-9-11-26(12-10-25)21(27)20-16(22)4-3-5-17(20)23/h3-7,14,24H,8-13H2,1-2H3. The van der Waals surface area contributed by atoms with Crippen LogP contribution in [0.15, 0.2) is 41.3 Å². The van der Waals surface area contributed by atoms with Crippen LogP contribution in [0.1, 0.15) is 10.4 Å². The lowest BCUT2D eigenvalue weighted by molar-refractivity contribution is 0.0742. The molecule has 1 aliphatic rings. The van der Waals surface area contributed by atoms with Gasteiger partial charge < -0.3 is 19.3 Å². The van der Waals surface area contributed by atoms with Gasteiger partial charge in [0.2, 0.25) is 10.0 Å². The lowest BCUT2D eigenvalue weighted by Gasteiger charge is -2.37. The summed E-state index contributed by atoms with van der Waals surface area (Å²) in [6.45, 7) is 1.86. The maximum Gasteiger partial charge on any atom is 0.258 e. The summed E-state index contributed by atoms with van der Waals surface area (Å²) in [5, 5.41) is 0.0676. The normalized spacial score (nSPS) is 14.5. The van der Waals surface area contributed by atoms with E-state index in [1.807, 2.05) is 4.90 Å². The smallest absolute Gasteiger partial charge is 0.258 e. The minimum atomic E-state index is -3.72. The number of halogens is 2. The Morgan fingerprint density at radius 2 is 1.88 bits per heavy atom. The van der Waals surface area contributed by atoms with Crippen molar-refractivity contribution in [1.29, 1.82) is 0 Å². The van der Waals surface area contributed by atoms with Gasteiger partial charge in [-0.3, -0.25) is 4.79 Å². The fraction of sp³-hybridized carbons (Fsp3) is 0.381. The summed E-state index contributed by atoms with van der Waals surface area (Å²) in [7, 11) is -0.727. The molecule has 0 atom stereocenters. The van der Waals surface area contributed by atoms with Crippen LogP contribution in [0.5, 0.6) is 5.75 Å². The number of amides is 1. The van der Waals surface area contributed by atoms with Gasteiger partial charge in [0.1, 0.15) is 11.6 Å². The minimum Gasteiger partial charge on any atom is -0.495 e. The van der Waals surface area contributed by atoms with Gasteiger partial charge in [0, 0.05) is 39.8 Å². The molecule has 3 rings (SSSR count). The fourth-order valence-corrected chi connectivity index (χ4v) is 4.73. The highest BCUT2D eigenvalue weighted by Gasteiger charge is 2.27. The Morgan fingerprint density at radius 1 is 1.16 bits per heavy atom. The molecule has 0 aliphatic carbocycles. The van der Waals surface area contributed by atoms with E-state index < -0.39 is 21.7 Å². The third-order valence-corrected chi connectivity index (χ3v) is 6.92. The molecule has 1 aliphatic heterocycles. The minimum absolute atomic E-state index is 0.0676. The molecule has 2 aromatic rings. The van der Waals surface area contributed by atoms with Gasteiger partial charge in [0.25, 0.3) is 5.91 Å². The number of rotatable bonds is 8. The second kappa shape index (κ2) is 10.5. The Morgan fingerprint density at radius 3 is 2.50 bits per heavy atom. The van der Waals surface area contributed by atoms with Crippen molar-refractivity contribution >= 4 is 33.2 Å². The highest BCUT2D eigenvalue weighted by molar-refractivity contribution is 7.89. The number of hydrogen-bond donors (Lipinski definition) is 1. The van der Waals surface area contributed by atoms with Crippen LogP contribution in [0.25, 0.3) is 0 Å². The number of ether oxygens (including phenoxy) is 2. The molecule has 11 heteroatoms. The van der Waals surface area contributed by atoms with Crippen molar-refractivity contribution in [2.75, 3.05) is 58.5 Å². The summed E-state index contributed by atoms with van der Waals surface area (Å²) >= 11 is 6.03. The molecule has 1 amide bonds. The van der Waals surface area contributed by atoms with Crippen LogP contribution in [0.4, 0.5) is 10.1 Å². The maximum absolute atomic E-state index is 14.1. The van der Waals surface area contributed by atoms with Crippen molar-refractivity contribution in [1.82, 2.24) is 9.62 Å². The first-order valence-corrected chi connectivity index (χ1v) is 11.8. The number of benzene rings is 2. The topological polar surface area (TPSA) is 88.2 Å². The van der Waals surface area contributed by atoms with Crippen molar-refractivity contribution in [3.8, 4) is 5.75 Å². The van der Waals surface area contributed by atoms with Crippen molar-refractivity contribution < 1.29 is 27.1 Å². The molecular formula is C21H25ClFN3O5S. The van der Waals surface area contributed by atoms with Gasteiger partial charge in [-0.2, -0.15) is 0 Å². The highest BCUT2D eigenvalue weighted by atomic mass is 35.5. The molecule has 0 aromatic heterocycles. The second-order valence-electron chi connectivity index (χ2n) is 7.10. The average Bonchev–Trinajstić information content (AvgIpc) is 2.78. The summed E-state index contributed by atoms with van der Waals surface area (Å²) in [6, 6.07) is 8.73. The highest BCUT2D eigenvalue weighted by Crippen LogP contribution is 2.32. The molecule has 0 spiro atoms. The molecule has 1 fully saturated rings. The van der Waals surface area contributed by atoms with E-state index in [4.69, 9.17) is 21.1 Å². The SMILES string of the molecule is COCCNS(=O)(=O)c1ccc(OC)c(N2CCN(C(=O)c3c(F)cccc3Cl)CC2)c1. The monoisotopic (exact) mass is 485 g/mol. The molecule has 0 saturated carbocycles. The first-order valence-electron chi connectivity index (χ1n) is 9.93. The van der Waals surface area contributed by atoms with E-state index in [1.54, 1.807) is 12.1 Å². The van der Waals surface area contributed by atoms with Crippen LogP contribution in [-0.2, 0) is 14.8 Å². The summed E-state index contributed by atoms with van der Waals surface area (Å²) in [4.78, 5) is 16.3. The van der Waals surface area contributed by atoms with Crippen molar-refractivity contribution in [3.05, 3.63) is 52.8 Å². The molecule has 0 bridgehead atoms. The Balaban J connectivity index is 1.76. The molecule has 1 N–H and O–H groups in total. The number of carbonyl (C=O) groups excluding carboxylic acids is 1. The first kappa shape index (κ1) is 24.2. The predicted octanol–water partition coefficient (Wildman–Crippen LogP) is 2.37. The van der Waals surface area contributed by atoms with E-state index in [-0.39, 0.29) is 28.6 Å². The van der Waals surface area contributed by atoms with Crippen molar-refractivity contribution in [2.45, 2.75) is 4.90 Å². The van der Waals surface area contributed by atoms with Gasteiger partial charge >= 0.3 is 0 Å². The van der Waals surface area contributed by atoms with Crippen molar-refractivity contribution in [3.63, 3.8) is 0 Å². The van der Waals surface area contributed by atoms with Gasteiger partial charge in [0.15, 0.2) is 0 Å². The van der Waals surface area contributed by atoms with Crippen LogP contribution >= 0.6 is 11.6 Å². The Hall–Kier alpha value is -2.40. The summed E-state index contributed by atoms with van der Waals surface area (Å²) < 4.78 is 52.1. The molecule has 1 saturated heterocycles. The van der Waals surface area contributed by atoms with E-state index in [1.165, 1.54) is 43.4 Å². The molecule has 1 heterocycles. The second-order valence-corrected chi connectivity index (χ2v) is 9.27. The van der Waals surface area contributed by atoms with Crippen LogP contribution < -0.4 is 14.4 Å². The van der Waals surface area contributed by atoms with E-state index in [0.717, 1.165) is 0 Å². The fourth-order valence-electron chi connectivity index (χ4n) is 3.46. The number of hydrogen-bond acceptors (Lipinski definition) is 6. The van der Waals surface area contributed by atoms with Crippen molar-refractivity contribution in [2.24, 2.45) is 0 Å². The zero-order chi connectivity index (χ0) is 23.3. The van der Waals surface area contributed by atoms with E-state index in [0.29, 0.717) is 37.6 Å². The molecule has 8 nitrogen and oxygen atoms in total. The van der Waals surface area contributed by atoms with E-state index in [2.05, 4.69) is 4.72 Å². The van der Waals surface area contributed by atoms with Gasteiger partial charge in [-0.05, 0) is 30.3 Å². The third kappa shape index (κ3) is 5.32. The van der Waals surface area contributed by atoms with E-state index in [9.17, 15) is 17.6 Å². The molecule has 0 radical (unpaired) electrons. The molecular weight excluding hydrogens is 461 g/mol. The number of piperazine rings is 1.